The van der Waals surface area contributed by atoms with Crippen LogP contribution in [0.15, 0.2) is 48.5 Å². The summed E-state index contributed by atoms with van der Waals surface area (Å²) in [7, 11) is 0. The van der Waals surface area contributed by atoms with E-state index in [1.807, 2.05) is 12.1 Å². The fourth-order valence-corrected chi connectivity index (χ4v) is 3.77. The number of carbonyl (C=O) groups excluding carboxylic acids is 2. The molecular weight excluding hydrogens is 453 g/mol. The first-order valence-corrected chi connectivity index (χ1v) is 10.8. The molecule has 1 heterocycles. The Bertz CT molecular complexity index is 1010. The maximum absolute atomic E-state index is 12.6. The van der Waals surface area contributed by atoms with Gasteiger partial charge < -0.3 is 20.1 Å². The van der Waals surface area contributed by atoms with Crippen molar-refractivity contribution in [3.63, 3.8) is 0 Å². The van der Waals surface area contributed by atoms with Gasteiger partial charge in [0.2, 0.25) is 11.8 Å². The molecule has 1 fully saturated rings. The quantitative estimate of drug-likeness (QED) is 0.563. The number of likely N-dealkylation sites (tertiary alicyclic amines) is 1. The molecule has 0 aromatic heterocycles. The van der Waals surface area contributed by atoms with Crippen LogP contribution in [0.4, 0.5) is 18.0 Å². The van der Waals surface area contributed by atoms with Crippen molar-refractivity contribution in [1.82, 2.24) is 10.2 Å². The largest absolute Gasteiger partial charge is 0.507 e. The van der Waals surface area contributed by atoms with Gasteiger partial charge >= 0.3 is 12.3 Å². The summed E-state index contributed by atoms with van der Waals surface area (Å²) in [6, 6.07) is 11.8. The molecule has 2 amide bonds. The number of rotatable bonds is 8. The van der Waals surface area contributed by atoms with Crippen molar-refractivity contribution >= 4 is 18.0 Å². The van der Waals surface area contributed by atoms with Gasteiger partial charge in [-0.3, -0.25) is 9.59 Å². The SMILES string of the molecule is O=C(Cc1ccc(C(F)(F)F)cc1)NCCc1ccc(CC(=O)N2CCC[C@H]2OC(=O)O)cc1. The van der Waals surface area contributed by atoms with Gasteiger partial charge in [-0.25, -0.2) is 4.79 Å². The monoisotopic (exact) mass is 478 g/mol. The highest BCUT2D eigenvalue weighted by Crippen LogP contribution is 2.29. The van der Waals surface area contributed by atoms with Gasteiger partial charge in [0.05, 0.1) is 18.4 Å². The molecule has 7 nitrogen and oxygen atoms in total. The Morgan fingerprint density at radius 1 is 0.971 bits per heavy atom. The van der Waals surface area contributed by atoms with Gasteiger partial charge in [0.15, 0.2) is 6.23 Å². The third-order valence-electron chi connectivity index (χ3n) is 5.52. The van der Waals surface area contributed by atoms with Crippen molar-refractivity contribution in [3.8, 4) is 0 Å². The molecule has 1 atom stereocenters. The number of carbonyl (C=O) groups is 3. The minimum Gasteiger partial charge on any atom is -0.450 e. The summed E-state index contributed by atoms with van der Waals surface area (Å²) < 4.78 is 42.6. The van der Waals surface area contributed by atoms with Gasteiger partial charge in [-0.05, 0) is 41.7 Å². The lowest BCUT2D eigenvalue weighted by molar-refractivity contribution is -0.138. The summed E-state index contributed by atoms with van der Waals surface area (Å²) in [6.07, 6.45) is -4.71. The van der Waals surface area contributed by atoms with Crippen LogP contribution < -0.4 is 5.32 Å². The number of carboxylic acid groups (broad SMARTS) is 1. The maximum Gasteiger partial charge on any atom is 0.507 e. The van der Waals surface area contributed by atoms with E-state index in [0.29, 0.717) is 37.9 Å². The van der Waals surface area contributed by atoms with Crippen LogP contribution in [-0.2, 0) is 39.8 Å². The van der Waals surface area contributed by atoms with Crippen molar-refractivity contribution < 1.29 is 37.4 Å². The Morgan fingerprint density at radius 2 is 1.56 bits per heavy atom. The lowest BCUT2D eigenvalue weighted by Crippen LogP contribution is -2.39. The molecule has 1 aliphatic heterocycles. The summed E-state index contributed by atoms with van der Waals surface area (Å²) in [6.45, 7) is 0.820. The molecule has 2 aromatic carbocycles. The summed E-state index contributed by atoms with van der Waals surface area (Å²) in [5.41, 5.74) is 1.46. The van der Waals surface area contributed by atoms with E-state index < -0.39 is 24.1 Å². The lowest BCUT2D eigenvalue weighted by Gasteiger charge is -2.23. The van der Waals surface area contributed by atoms with Crippen LogP contribution in [0.5, 0.6) is 0 Å². The number of ether oxygens (including phenoxy) is 1. The number of nitrogens with zero attached hydrogens (tertiary/aromatic N) is 1. The Kier molecular flexibility index (Phi) is 8.14. The summed E-state index contributed by atoms with van der Waals surface area (Å²) in [5, 5.41) is 11.5. The average Bonchev–Trinajstić information content (AvgIpc) is 3.22. The van der Waals surface area contributed by atoms with Gasteiger partial charge in [-0.2, -0.15) is 13.2 Å². The molecule has 0 radical (unpaired) electrons. The Balaban J connectivity index is 1.42. The van der Waals surface area contributed by atoms with Crippen LogP contribution in [0, 0.1) is 0 Å². The maximum atomic E-state index is 12.6. The van der Waals surface area contributed by atoms with Crippen molar-refractivity contribution in [2.24, 2.45) is 0 Å². The predicted octanol–water partition coefficient (Wildman–Crippen LogP) is 3.79. The Labute approximate surface area is 194 Å². The van der Waals surface area contributed by atoms with Gasteiger partial charge in [0, 0.05) is 19.5 Å². The molecule has 3 rings (SSSR count). The van der Waals surface area contributed by atoms with Crippen LogP contribution in [0.3, 0.4) is 0 Å². The topological polar surface area (TPSA) is 95.9 Å². The van der Waals surface area contributed by atoms with E-state index in [4.69, 9.17) is 9.84 Å². The second kappa shape index (κ2) is 11.0. The predicted molar refractivity (Wildman–Crippen MR) is 116 cm³/mol. The molecule has 2 N–H and O–H groups in total. The molecule has 182 valence electrons. The molecule has 10 heteroatoms. The minimum atomic E-state index is -4.41. The molecule has 1 aliphatic rings. The zero-order valence-electron chi connectivity index (χ0n) is 18.3. The molecular formula is C24H25F3N2O5. The van der Waals surface area contributed by atoms with Crippen molar-refractivity contribution in [2.45, 2.75) is 44.5 Å². The third kappa shape index (κ3) is 7.23. The number of alkyl halides is 3. The highest BCUT2D eigenvalue weighted by Gasteiger charge is 2.31. The van der Waals surface area contributed by atoms with Crippen molar-refractivity contribution in [2.75, 3.05) is 13.1 Å². The second-order valence-corrected chi connectivity index (χ2v) is 8.03. The summed E-state index contributed by atoms with van der Waals surface area (Å²) >= 11 is 0. The van der Waals surface area contributed by atoms with Gasteiger partial charge in [-0.15, -0.1) is 0 Å². The molecule has 0 aliphatic carbocycles. The molecule has 0 unspecified atom stereocenters. The van der Waals surface area contributed by atoms with E-state index in [1.165, 1.54) is 17.0 Å². The third-order valence-corrected chi connectivity index (χ3v) is 5.52. The average molecular weight is 478 g/mol. The number of hydrogen-bond acceptors (Lipinski definition) is 4. The highest BCUT2D eigenvalue weighted by atomic mass is 19.4. The number of amides is 2. The van der Waals surface area contributed by atoms with Gasteiger partial charge in [0.25, 0.3) is 0 Å². The van der Waals surface area contributed by atoms with Crippen LogP contribution in [0.25, 0.3) is 0 Å². The fourth-order valence-electron chi connectivity index (χ4n) is 3.77. The van der Waals surface area contributed by atoms with E-state index in [-0.39, 0.29) is 24.7 Å². The highest BCUT2D eigenvalue weighted by molar-refractivity contribution is 5.79. The van der Waals surface area contributed by atoms with Gasteiger partial charge in [0.1, 0.15) is 0 Å². The fraction of sp³-hybridized carbons (Fsp3) is 0.375. The van der Waals surface area contributed by atoms with Gasteiger partial charge in [-0.1, -0.05) is 36.4 Å². The van der Waals surface area contributed by atoms with E-state index in [0.717, 1.165) is 23.3 Å². The first-order chi connectivity index (χ1) is 16.1. The molecule has 2 aromatic rings. The lowest BCUT2D eigenvalue weighted by atomic mass is 10.1. The Hall–Kier alpha value is -3.56. The van der Waals surface area contributed by atoms with E-state index in [2.05, 4.69) is 5.32 Å². The first-order valence-electron chi connectivity index (χ1n) is 10.8. The minimum absolute atomic E-state index is 0.0116. The molecule has 0 saturated carbocycles. The van der Waals surface area contributed by atoms with Crippen molar-refractivity contribution in [1.29, 1.82) is 0 Å². The summed E-state index contributed by atoms with van der Waals surface area (Å²) in [5.74, 6) is -0.488. The number of nitrogens with one attached hydrogen (secondary N) is 1. The molecule has 1 saturated heterocycles. The van der Waals surface area contributed by atoms with Crippen LogP contribution >= 0.6 is 0 Å². The van der Waals surface area contributed by atoms with Crippen LogP contribution in [-0.4, -0.2) is 47.3 Å². The Morgan fingerprint density at radius 3 is 2.18 bits per heavy atom. The smallest absolute Gasteiger partial charge is 0.450 e. The zero-order valence-corrected chi connectivity index (χ0v) is 18.3. The summed E-state index contributed by atoms with van der Waals surface area (Å²) in [4.78, 5) is 36.8. The normalized spacial score (nSPS) is 15.7. The molecule has 0 bridgehead atoms. The van der Waals surface area contributed by atoms with E-state index in [9.17, 15) is 27.6 Å². The standard InChI is InChI=1S/C24H25F3N2O5/c25-24(26,27)19-9-7-17(8-10-19)14-20(30)28-12-11-16-3-5-18(6-4-16)15-21(31)29-13-1-2-22(29)34-23(32)33/h3-10,22H,1-2,11-15H2,(H,28,30)(H,32,33)/t22-/m1/s1. The first kappa shape index (κ1) is 25.1. The van der Waals surface area contributed by atoms with E-state index >= 15 is 0 Å². The molecule has 34 heavy (non-hydrogen) atoms. The molecule has 0 spiro atoms. The zero-order chi connectivity index (χ0) is 24.7. The second-order valence-electron chi connectivity index (χ2n) is 8.03. The van der Waals surface area contributed by atoms with Crippen LogP contribution in [0.2, 0.25) is 0 Å². The van der Waals surface area contributed by atoms with Crippen molar-refractivity contribution in [3.05, 3.63) is 70.8 Å². The van der Waals surface area contributed by atoms with E-state index in [1.54, 1.807) is 12.1 Å². The van der Waals surface area contributed by atoms with Crippen LogP contribution in [0.1, 0.15) is 35.1 Å². The number of halogens is 3. The number of benzene rings is 2. The number of hydrogen-bond donors (Lipinski definition) is 2.